The first-order valence-corrected chi connectivity index (χ1v) is 5.83. The van der Waals surface area contributed by atoms with Crippen LogP contribution in [0.1, 0.15) is 21.7 Å². The van der Waals surface area contributed by atoms with Crippen LogP contribution in [0.25, 0.3) is 0 Å². The number of nitro benzene ring substituents is 1. The number of carbonyl (C=O) groups is 1. The van der Waals surface area contributed by atoms with E-state index in [1.54, 1.807) is 20.0 Å². The standard InChI is InChI=1S/C12H13N5O3/c1-8-3-9(5-10(4-8)17(19)20)12(18)16(2)6-11-13-7-14-15-11/h3-5,7H,6H2,1-2H3,(H,13,14,15). The number of aromatic amines is 1. The van der Waals surface area contributed by atoms with E-state index in [0.29, 0.717) is 11.4 Å². The van der Waals surface area contributed by atoms with Crippen LogP contribution in [0.2, 0.25) is 0 Å². The first-order chi connectivity index (χ1) is 9.47. The lowest BCUT2D eigenvalue weighted by Gasteiger charge is -2.15. The zero-order chi connectivity index (χ0) is 14.7. The summed E-state index contributed by atoms with van der Waals surface area (Å²) in [5.74, 6) is 0.233. The summed E-state index contributed by atoms with van der Waals surface area (Å²) in [6, 6.07) is 4.31. The molecular weight excluding hydrogens is 262 g/mol. The molecule has 0 aliphatic heterocycles. The summed E-state index contributed by atoms with van der Waals surface area (Å²) in [5, 5.41) is 17.2. The monoisotopic (exact) mass is 275 g/mol. The van der Waals surface area contributed by atoms with Gasteiger partial charge in [-0.2, -0.15) is 5.10 Å². The second-order valence-electron chi connectivity index (χ2n) is 4.41. The van der Waals surface area contributed by atoms with Gasteiger partial charge in [0.05, 0.1) is 11.5 Å². The van der Waals surface area contributed by atoms with Crippen molar-refractivity contribution in [3.05, 3.63) is 51.6 Å². The fourth-order valence-electron chi connectivity index (χ4n) is 1.82. The van der Waals surface area contributed by atoms with Crippen LogP contribution in [-0.4, -0.2) is 38.0 Å². The molecule has 0 saturated heterocycles. The average Bonchev–Trinajstić information content (AvgIpc) is 2.89. The van der Waals surface area contributed by atoms with Crippen LogP contribution in [0, 0.1) is 17.0 Å². The largest absolute Gasteiger partial charge is 0.334 e. The summed E-state index contributed by atoms with van der Waals surface area (Å²) in [4.78, 5) is 27.9. The molecule has 104 valence electrons. The van der Waals surface area contributed by atoms with E-state index in [9.17, 15) is 14.9 Å². The lowest BCUT2D eigenvalue weighted by atomic mass is 10.1. The van der Waals surface area contributed by atoms with Crippen molar-refractivity contribution >= 4 is 11.6 Å². The number of amides is 1. The maximum atomic E-state index is 12.2. The molecule has 0 atom stereocenters. The molecule has 1 N–H and O–H groups in total. The van der Waals surface area contributed by atoms with Gasteiger partial charge in [-0.1, -0.05) is 0 Å². The number of benzene rings is 1. The van der Waals surface area contributed by atoms with Gasteiger partial charge in [-0.25, -0.2) is 4.98 Å². The van der Waals surface area contributed by atoms with Gasteiger partial charge in [0.2, 0.25) is 0 Å². The van der Waals surface area contributed by atoms with Crippen molar-refractivity contribution in [2.75, 3.05) is 7.05 Å². The Kier molecular flexibility index (Phi) is 3.74. The number of aryl methyl sites for hydroxylation is 1. The van der Waals surface area contributed by atoms with E-state index >= 15 is 0 Å². The van der Waals surface area contributed by atoms with Gasteiger partial charge in [0.15, 0.2) is 0 Å². The zero-order valence-corrected chi connectivity index (χ0v) is 11.0. The summed E-state index contributed by atoms with van der Waals surface area (Å²) in [6.07, 6.45) is 1.35. The third-order valence-electron chi connectivity index (χ3n) is 2.72. The third kappa shape index (κ3) is 2.97. The molecule has 0 aliphatic carbocycles. The highest BCUT2D eigenvalue weighted by atomic mass is 16.6. The predicted molar refractivity (Wildman–Crippen MR) is 70.0 cm³/mol. The molecule has 0 fully saturated rings. The zero-order valence-electron chi connectivity index (χ0n) is 11.0. The first-order valence-electron chi connectivity index (χ1n) is 5.83. The van der Waals surface area contributed by atoms with Crippen LogP contribution in [0.4, 0.5) is 5.69 Å². The molecule has 1 aromatic carbocycles. The molecule has 8 nitrogen and oxygen atoms in total. The number of hydrogen-bond acceptors (Lipinski definition) is 5. The van der Waals surface area contributed by atoms with Gasteiger partial charge in [0.1, 0.15) is 12.2 Å². The Morgan fingerprint density at radius 3 is 2.80 bits per heavy atom. The van der Waals surface area contributed by atoms with Crippen molar-refractivity contribution in [1.29, 1.82) is 0 Å². The number of nitrogens with one attached hydrogen (secondary N) is 1. The number of non-ortho nitro benzene ring substituents is 1. The highest BCUT2D eigenvalue weighted by Gasteiger charge is 2.17. The molecule has 2 rings (SSSR count). The number of aromatic nitrogens is 3. The fourth-order valence-corrected chi connectivity index (χ4v) is 1.82. The van der Waals surface area contributed by atoms with E-state index in [4.69, 9.17) is 0 Å². The summed E-state index contributed by atoms with van der Waals surface area (Å²) < 4.78 is 0. The molecule has 0 saturated carbocycles. The minimum atomic E-state index is -0.514. The van der Waals surface area contributed by atoms with Crippen LogP contribution in [-0.2, 0) is 6.54 Å². The SMILES string of the molecule is Cc1cc(C(=O)N(C)Cc2ncn[nH]2)cc([N+](=O)[O-])c1. The number of rotatable bonds is 4. The van der Waals surface area contributed by atoms with Crippen molar-refractivity contribution in [2.45, 2.75) is 13.5 Å². The number of H-pyrrole nitrogens is 1. The lowest BCUT2D eigenvalue weighted by molar-refractivity contribution is -0.384. The van der Waals surface area contributed by atoms with Gasteiger partial charge in [-0.15, -0.1) is 0 Å². The van der Waals surface area contributed by atoms with Crippen LogP contribution >= 0.6 is 0 Å². The minimum Gasteiger partial charge on any atom is -0.334 e. The van der Waals surface area contributed by atoms with Gasteiger partial charge in [0.25, 0.3) is 11.6 Å². The van der Waals surface area contributed by atoms with Crippen LogP contribution in [0.5, 0.6) is 0 Å². The Hall–Kier alpha value is -2.77. The van der Waals surface area contributed by atoms with Crippen LogP contribution in [0.3, 0.4) is 0 Å². The van der Waals surface area contributed by atoms with Crippen molar-refractivity contribution in [2.24, 2.45) is 0 Å². The van der Waals surface area contributed by atoms with E-state index in [1.165, 1.54) is 23.4 Å². The van der Waals surface area contributed by atoms with Gasteiger partial charge >= 0.3 is 0 Å². The van der Waals surface area contributed by atoms with Crippen molar-refractivity contribution in [3.8, 4) is 0 Å². The van der Waals surface area contributed by atoms with Crippen molar-refractivity contribution < 1.29 is 9.72 Å². The second kappa shape index (κ2) is 5.47. The number of hydrogen-bond donors (Lipinski definition) is 1. The van der Waals surface area contributed by atoms with Gasteiger partial charge in [-0.3, -0.25) is 20.0 Å². The maximum absolute atomic E-state index is 12.2. The highest BCUT2D eigenvalue weighted by Crippen LogP contribution is 2.18. The normalized spacial score (nSPS) is 10.3. The molecule has 1 aromatic heterocycles. The lowest BCUT2D eigenvalue weighted by Crippen LogP contribution is -2.26. The van der Waals surface area contributed by atoms with E-state index in [1.807, 2.05) is 0 Å². The molecule has 0 radical (unpaired) electrons. The Morgan fingerprint density at radius 1 is 1.45 bits per heavy atom. The number of carbonyl (C=O) groups excluding carboxylic acids is 1. The summed E-state index contributed by atoms with van der Waals surface area (Å²) in [5.41, 5.74) is 0.843. The smallest absolute Gasteiger partial charge is 0.270 e. The first kappa shape index (κ1) is 13.7. The Bertz CT molecular complexity index is 639. The molecule has 2 aromatic rings. The van der Waals surface area contributed by atoms with Crippen LogP contribution in [0.15, 0.2) is 24.5 Å². The predicted octanol–water partition coefficient (Wildman–Crippen LogP) is 1.29. The summed E-state index contributed by atoms with van der Waals surface area (Å²) >= 11 is 0. The topological polar surface area (TPSA) is 105 Å². The van der Waals surface area contributed by atoms with E-state index in [2.05, 4.69) is 15.2 Å². The van der Waals surface area contributed by atoms with Crippen molar-refractivity contribution in [3.63, 3.8) is 0 Å². The summed E-state index contributed by atoms with van der Waals surface area (Å²) in [7, 11) is 1.60. The average molecular weight is 275 g/mol. The Morgan fingerprint density at radius 2 is 2.20 bits per heavy atom. The number of nitrogens with zero attached hydrogens (tertiary/aromatic N) is 4. The molecule has 1 amide bonds. The Labute approximate surface area is 114 Å². The third-order valence-corrected chi connectivity index (χ3v) is 2.72. The molecule has 1 heterocycles. The second-order valence-corrected chi connectivity index (χ2v) is 4.41. The molecule has 0 aliphatic rings. The Balaban J connectivity index is 2.22. The molecule has 20 heavy (non-hydrogen) atoms. The number of nitro groups is 1. The molecule has 0 bridgehead atoms. The van der Waals surface area contributed by atoms with Gasteiger partial charge in [0, 0.05) is 24.7 Å². The highest BCUT2D eigenvalue weighted by molar-refractivity contribution is 5.94. The quantitative estimate of drug-likeness (QED) is 0.668. The van der Waals surface area contributed by atoms with Crippen molar-refractivity contribution in [1.82, 2.24) is 20.1 Å². The van der Waals surface area contributed by atoms with E-state index in [0.717, 1.165) is 0 Å². The fraction of sp³-hybridized carbons (Fsp3) is 0.250. The molecule has 0 unspecified atom stereocenters. The van der Waals surface area contributed by atoms with E-state index in [-0.39, 0.29) is 23.7 Å². The molecule has 8 heteroatoms. The van der Waals surface area contributed by atoms with E-state index < -0.39 is 4.92 Å². The maximum Gasteiger partial charge on any atom is 0.270 e. The minimum absolute atomic E-state index is 0.0959. The van der Waals surface area contributed by atoms with Gasteiger partial charge < -0.3 is 4.90 Å². The summed E-state index contributed by atoms with van der Waals surface area (Å²) in [6.45, 7) is 1.96. The van der Waals surface area contributed by atoms with Gasteiger partial charge in [-0.05, 0) is 18.6 Å². The molecular formula is C12H13N5O3. The van der Waals surface area contributed by atoms with Crippen LogP contribution < -0.4 is 0 Å². The molecule has 0 spiro atoms.